The van der Waals surface area contributed by atoms with Crippen LogP contribution in [-0.2, 0) is 11.8 Å². The molecule has 0 atom stereocenters. The van der Waals surface area contributed by atoms with E-state index in [0.717, 1.165) is 16.7 Å². The number of nitrogens with zero attached hydrogens (tertiary/aromatic N) is 3. The van der Waals surface area contributed by atoms with E-state index in [4.69, 9.17) is 11.6 Å². The molecule has 0 unspecified atom stereocenters. The van der Waals surface area contributed by atoms with E-state index in [9.17, 15) is 9.90 Å². The molecule has 0 spiro atoms. The van der Waals surface area contributed by atoms with Crippen molar-refractivity contribution in [2.45, 2.75) is 0 Å². The summed E-state index contributed by atoms with van der Waals surface area (Å²) >= 11 is 5.83. The number of anilines is 1. The highest BCUT2D eigenvalue weighted by Crippen LogP contribution is 2.26. The highest BCUT2D eigenvalue weighted by Gasteiger charge is 2.06. The van der Waals surface area contributed by atoms with E-state index in [1.165, 1.54) is 18.2 Å². The number of aryl methyl sites for hydroxylation is 1. The fourth-order valence-corrected chi connectivity index (χ4v) is 2.48. The molecule has 2 heterocycles. The molecule has 2 N–H and O–H groups in total. The van der Waals surface area contributed by atoms with Gasteiger partial charge in [-0.1, -0.05) is 11.6 Å². The van der Waals surface area contributed by atoms with Gasteiger partial charge in [-0.05, 0) is 35.9 Å². The lowest BCUT2D eigenvalue weighted by atomic mass is 10.0. The summed E-state index contributed by atoms with van der Waals surface area (Å²) < 4.78 is 1.71. The Bertz CT molecular complexity index is 950. The van der Waals surface area contributed by atoms with Crippen molar-refractivity contribution in [1.82, 2.24) is 14.8 Å². The van der Waals surface area contributed by atoms with E-state index >= 15 is 0 Å². The van der Waals surface area contributed by atoms with E-state index in [1.807, 2.05) is 19.3 Å². The lowest BCUT2D eigenvalue weighted by Crippen LogP contribution is -2.07. The number of benzene rings is 1. The van der Waals surface area contributed by atoms with Gasteiger partial charge in [-0.25, -0.2) is 0 Å². The van der Waals surface area contributed by atoms with Gasteiger partial charge < -0.3 is 10.4 Å². The lowest BCUT2D eigenvalue weighted by Gasteiger charge is -2.05. The van der Waals surface area contributed by atoms with Crippen molar-refractivity contribution >= 4 is 29.3 Å². The molecule has 0 aliphatic carbocycles. The van der Waals surface area contributed by atoms with Crippen molar-refractivity contribution in [3.8, 4) is 16.9 Å². The van der Waals surface area contributed by atoms with Gasteiger partial charge in [0.25, 0.3) is 0 Å². The number of hydrogen-bond donors (Lipinski definition) is 2. The highest BCUT2D eigenvalue weighted by molar-refractivity contribution is 6.32. The third-order valence-corrected chi connectivity index (χ3v) is 3.80. The zero-order valence-corrected chi connectivity index (χ0v) is 14.1. The number of phenolic OH excluding ortho intramolecular Hbond substituents is 1. The molecule has 2 aromatic heterocycles. The van der Waals surface area contributed by atoms with Gasteiger partial charge in [0.1, 0.15) is 5.75 Å². The fourth-order valence-electron chi connectivity index (χ4n) is 2.30. The Morgan fingerprint density at radius 3 is 2.88 bits per heavy atom. The van der Waals surface area contributed by atoms with Gasteiger partial charge in [0, 0.05) is 48.5 Å². The average molecular weight is 355 g/mol. The molecule has 0 saturated heterocycles. The second-order valence-corrected chi connectivity index (χ2v) is 5.76. The molecular formula is C18H15ClN4O2. The third kappa shape index (κ3) is 4.05. The summed E-state index contributed by atoms with van der Waals surface area (Å²) in [5, 5.41) is 16.4. The second-order valence-electron chi connectivity index (χ2n) is 5.35. The first-order chi connectivity index (χ1) is 12.0. The first-order valence-electron chi connectivity index (χ1n) is 7.43. The largest absolute Gasteiger partial charge is 0.506 e. The molecule has 25 heavy (non-hydrogen) atoms. The van der Waals surface area contributed by atoms with Crippen LogP contribution in [0.3, 0.4) is 0 Å². The van der Waals surface area contributed by atoms with Crippen LogP contribution in [0.15, 0.2) is 55.1 Å². The predicted molar refractivity (Wildman–Crippen MR) is 97.2 cm³/mol. The van der Waals surface area contributed by atoms with Crippen LogP contribution in [0.4, 0.5) is 5.69 Å². The number of carbonyl (C=O) groups is 1. The molecular weight excluding hydrogens is 340 g/mol. The molecule has 0 bridgehead atoms. The molecule has 0 saturated carbocycles. The van der Waals surface area contributed by atoms with E-state index in [2.05, 4.69) is 15.4 Å². The number of carbonyl (C=O) groups excluding carboxylic acids is 1. The number of rotatable bonds is 4. The molecule has 3 rings (SSSR count). The first-order valence-corrected chi connectivity index (χ1v) is 7.81. The minimum Gasteiger partial charge on any atom is -0.506 e. The maximum atomic E-state index is 12.1. The standard InChI is InChI=1S/C18H15ClN4O2/c1-23-11-13(10-21-23)15-6-7-20-9-12(15)2-5-18(25)22-14-3-4-17(24)16(19)8-14/h2-11,24H,1H3,(H,22,25)/b5-2+. The molecule has 0 radical (unpaired) electrons. The molecule has 7 heteroatoms. The van der Waals surface area contributed by atoms with E-state index in [0.29, 0.717) is 5.69 Å². The summed E-state index contributed by atoms with van der Waals surface area (Å²) in [5.41, 5.74) is 3.17. The molecule has 3 aromatic rings. The van der Waals surface area contributed by atoms with Gasteiger partial charge in [0.05, 0.1) is 11.2 Å². The fraction of sp³-hybridized carbons (Fsp3) is 0.0556. The minimum atomic E-state index is -0.317. The van der Waals surface area contributed by atoms with Crippen LogP contribution in [0, 0.1) is 0 Å². The number of nitrogens with one attached hydrogen (secondary N) is 1. The van der Waals surface area contributed by atoms with Crippen LogP contribution in [0.2, 0.25) is 5.02 Å². The minimum absolute atomic E-state index is 0.0355. The van der Waals surface area contributed by atoms with Gasteiger partial charge >= 0.3 is 0 Å². The number of hydrogen-bond acceptors (Lipinski definition) is 4. The van der Waals surface area contributed by atoms with E-state index in [-0.39, 0.29) is 16.7 Å². The molecule has 6 nitrogen and oxygen atoms in total. The Hall–Kier alpha value is -3.12. The Morgan fingerprint density at radius 1 is 1.32 bits per heavy atom. The normalized spacial score (nSPS) is 11.0. The van der Waals surface area contributed by atoms with Gasteiger partial charge in [0.15, 0.2) is 0 Å². The Balaban J connectivity index is 1.77. The lowest BCUT2D eigenvalue weighted by molar-refractivity contribution is -0.111. The summed E-state index contributed by atoms with van der Waals surface area (Å²) in [5.74, 6) is -0.352. The van der Waals surface area contributed by atoms with Crippen molar-refractivity contribution < 1.29 is 9.90 Å². The number of amides is 1. The molecule has 0 aliphatic heterocycles. The smallest absolute Gasteiger partial charge is 0.248 e. The van der Waals surface area contributed by atoms with Crippen LogP contribution in [-0.4, -0.2) is 25.8 Å². The van der Waals surface area contributed by atoms with Crippen molar-refractivity contribution in [3.63, 3.8) is 0 Å². The van der Waals surface area contributed by atoms with Crippen molar-refractivity contribution in [3.05, 3.63) is 65.7 Å². The molecule has 126 valence electrons. The summed E-state index contributed by atoms with van der Waals surface area (Å²) in [4.78, 5) is 16.2. The molecule has 1 aromatic carbocycles. The first kappa shape index (κ1) is 16.7. The van der Waals surface area contributed by atoms with E-state index in [1.54, 1.807) is 35.4 Å². The maximum absolute atomic E-state index is 12.1. The number of aromatic nitrogens is 3. The van der Waals surface area contributed by atoms with Crippen LogP contribution in [0.5, 0.6) is 5.75 Å². The van der Waals surface area contributed by atoms with Crippen molar-refractivity contribution in [2.75, 3.05) is 5.32 Å². The topological polar surface area (TPSA) is 80.0 Å². The SMILES string of the molecule is Cn1cc(-c2ccncc2/C=C/C(=O)Nc2ccc(O)c(Cl)c2)cn1. The van der Waals surface area contributed by atoms with Gasteiger partial charge in [0.2, 0.25) is 5.91 Å². The molecule has 1 amide bonds. The zero-order valence-electron chi connectivity index (χ0n) is 13.3. The Labute approximate surface area is 149 Å². The summed E-state index contributed by atoms with van der Waals surface area (Å²) in [6.45, 7) is 0. The number of phenols is 1. The predicted octanol–water partition coefficient (Wildman–Crippen LogP) is 3.49. The maximum Gasteiger partial charge on any atom is 0.248 e. The van der Waals surface area contributed by atoms with Gasteiger partial charge in [-0.15, -0.1) is 0 Å². The molecule has 0 fully saturated rings. The van der Waals surface area contributed by atoms with Crippen LogP contribution in [0.25, 0.3) is 17.2 Å². The second kappa shape index (κ2) is 7.19. The van der Waals surface area contributed by atoms with Crippen molar-refractivity contribution in [1.29, 1.82) is 0 Å². The van der Waals surface area contributed by atoms with E-state index < -0.39 is 0 Å². The monoisotopic (exact) mass is 354 g/mol. The van der Waals surface area contributed by atoms with Crippen LogP contribution in [0.1, 0.15) is 5.56 Å². The van der Waals surface area contributed by atoms with Gasteiger partial charge in [-0.3, -0.25) is 14.5 Å². The highest BCUT2D eigenvalue weighted by atomic mass is 35.5. The number of halogens is 1. The average Bonchev–Trinajstić information content (AvgIpc) is 3.03. The number of aromatic hydroxyl groups is 1. The van der Waals surface area contributed by atoms with Crippen molar-refractivity contribution in [2.24, 2.45) is 7.05 Å². The Kier molecular flexibility index (Phi) is 4.81. The zero-order chi connectivity index (χ0) is 17.8. The summed E-state index contributed by atoms with van der Waals surface area (Å²) in [7, 11) is 1.84. The quantitative estimate of drug-likeness (QED) is 0.555. The number of pyridine rings is 1. The van der Waals surface area contributed by atoms with Gasteiger partial charge in [-0.2, -0.15) is 5.10 Å². The molecule has 0 aliphatic rings. The van der Waals surface area contributed by atoms with Crippen LogP contribution < -0.4 is 5.32 Å². The summed E-state index contributed by atoms with van der Waals surface area (Å²) in [6, 6.07) is 6.34. The third-order valence-electron chi connectivity index (χ3n) is 3.50. The van der Waals surface area contributed by atoms with Crippen LogP contribution >= 0.6 is 11.6 Å². The Morgan fingerprint density at radius 2 is 2.16 bits per heavy atom. The summed E-state index contributed by atoms with van der Waals surface area (Å²) in [6.07, 6.45) is 10.1.